The number of fused-ring (bicyclic) bond motifs is 2. The zero-order valence-corrected chi connectivity index (χ0v) is 20.3. The Balaban J connectivity index is 1.28. The van der Waals surface area contributed by atoms with Crippen molar-refractivity contribution in [1.82, 2.24) is 4.90 Å². The molecule has 0 N–H and O–H groups in total. The summed E-state index contributed by atoms with van der Waals surface area (Å²) in [5, 5.41) is 2.20. The van der Waals surface area contributed by atoms with E-state index in [0.717, 1.165) is 27.6 Å². The molecular weight excluding hydrogens is 448 g/mol. The summed E-state index contributed by atoms with van der Waals surface area (Å²) in [6.07, 6.45) is 1.59. The molecule has 0 saturated heterocycles. The van der Waals surface area contributed by atoms with Gasteiger partial charge in [-0.05, 0) is 60.4 Å². The summed E-state index contributed by atoms with van der Waals surface area (Å²) in [7, 11) is 0. The van der Waals surface area contributed by atoms with Gasteiger partial charge in [0, 0.05) is 18.8 Å². The van der Waals surface area contributed by atoms with Crippen molar-refractivity contribution in [3.05, 3.63) is 113 Å². The third kappa shape index (κ3) is 4.65. The summed E-state index contributed by atoms with van der Waals surface area (Å²) in [6, 6.07) is 29.0. The number of hydrogen-bond donors (Lipinski definition) is 0. The molecule has 0 fully saturated rings. The Bertz CT molecular complexity index is 1400. The average molecular weight is 477 g/mol. The maximum absolute atomic E-state index is 13.6. The zero-order valence-electron chi connectivity index (χ0n) is 20.3. The molecule has 0 spiro atoms. The smallest absolute Gasteiger partial charge is 0.261 e. The van der Waals surface area contributed by atoms with Crippen LogP contribution >= 0.6 is 0 Å². The van der Waals surface area contributed by atoms with E-state index in [1.807, 2.05) is 60.4 Å². The number of imide groups is 1. The molecule has 0 saturated carbocycles. The van der Waals surface area contributed by atoms with Gasteiger partial charge in [-0.15, -0.1) is 0 Å². The lowest BCUT2D eigenvalue weighted by Crippen LogP contribution is -2.34. The minimum Gasteiger partial charge on any atom is -0.312 e. The molecule has 4 aromatic carbocycles. The monoisotopic (exact) mass is 476 g/mol. The van der Waals surface area contributed by atoms with Gasteiger partial charge in [-0.1, -0.05) is 72.3 Å². The van der Waals surface area contributed by atoms with E-state index < -0.39 is 0 Å². The van der Waals surface area contributed by atoms with E-state index in [1.54, 1.807) is 24.3 Å². The van der Waals surface area contributed by atoms with Crippen LogP contribution in [0, 0.1) is 6.92 Å². The first-order valence-corrected chi connectivity index (χ1v) is 12.3. The third-order valence-corrected chi connectivity index (χ3v) is 6.76. The van der Waals surface area contributed by atoms with E-state index in [9.17, 15) is 14.4 Å². The highest BCUT2D eigenvalue weighted by molar-refractivity contribution is 6.21. The van der Waals surface area contributed by atoms with Crippen molar-refractivity contribution in [2.75, 3.05) is 18.0 Å². The molecule has 5 nitrogen and oxygen atoms in total. The average Bonchev–Trinajstić information content (AvgIpc) is 3.14. The van der Waals surface area contributed by atoms with Gasteiger partial charge in [0.15, 0.2) is 0 Å². The Morgan fingerprint density at radius 1 is 0.750 bits per heavy atom. The molecule has 36 heavy (non-hydrogen) atoms. The lowest BCUT2D eigenvalue weighted by molar-refractivity contribution is -0.118. The number of anilines is 1. The number of hydrogen-bond acceptors (Lipinski definition) is 3. The van der Waals surface area contributed by atoms with Crippen molar-refractivity contribution < 1.29 is 14.4 Å². The predicted molar refractivity (Wildman–Crippen MR) is 142 cm³/mol. The van der Waals surface area contributed by atoms with Crippen molar-refractivity contribution in [2.45, 2.75) is 26.2 Å². The lowest BCUT2D eigenvalue weighted by atomic mass is 10.0. The largest absolute Gasteiger partial charge is 0.312 e. The van der Waals surface area contributed by atoms with Crippen LogP contribution in [0.15, 0.2) is 91.0 Å². The van der Waals surface area contributed by atoms with Gasteiger partial charge in [-0.2, -0.15) is 0 Å². The van der Waals surface area contributed by atoms with Gasteiger partial charge in [0.1, 0.15) is 0 Å². The second kappa shape index (κ2) is 10.2. The number of benzene rings is 4. The summed E-state index contributed by atoms with van der Waals surface area (Å²) in [5.74, 6) is -0.452. The zero-order chi connectivity index (χ0) is 25.1. The third-order valence-electron chi connectivity index (χ3n) is 6.76. The fourth-order valence-corrected chi connectivity index (χ4v) is 4.81. The Morgan fingerprint density at radius 2 is 1.39 bits per heavy atom. The normalized spacial score (nSPS) is 12.8. The van der Waals surface area contributed by atoms with Crippen molar-refractivity contribution in [3.8, 4) is 0 Å². The maximum atomic E-state index is 13.6. The Labute approximate surface area is 211 Å². The van der Waals surface area contributed by atoms with Gasteiger partial charge in [0.25, 0.3) is 11.8 Å². The van der Waals surface area contributed by atoms with Crippen LogP contribution in [0.1, 0.15) is 44.7 Å². The first-order chi connectivity index (χ1) is 17.5. The molecule has 0 bridgehead atoms. The molecular formula is C31H28N2O3. The fourth-order valence-electron chi connectivity index (χ4n) is 4.81. The minimum atomic E-state index is -0.238. The molecule has 0 radical (unpaired) electrons. The number of aryl methyl sites for hydroxylation is 1. The van der Waals surface area contributed by atoms with Crippen molar-refractivity contribution in [2.24, 2.45) is 0 Å². The number of unbranched alkanes of at least 4 members (excludes halogenated alkanes) is 1. The van der Waals surface area contributed by atoms with Gasteiger partial charge < -0.3 is 4.90 Å². The first-order valence-electron chi connectivity index (χ1n) is 12.3. The minimum absolute atomic E-state index is 0.0240. The summed E-state index contributed by atoms with van der Waals surface area (Å²) >= 11 is 0. The van der Waals surface area contributed by atoms with Gasteiger partial charge in [0.2, 0.25) is 5.91 Å². The number of carbonyl (C=O) groups is 3. The molecule has 5 rings (SSSR count). The van der Waals surface area contributed by atoms with Gasteiger partial charge in [0.05, 0.1) is 17.5 Å². The molecule has 0 aromatic heterocycles. The van der Waals surface area contributed by atoms with Crippen LogP contribution < -0.4 is 4.90 Å². The number of amides is 3. The molecule has 0 unspecified atom stereocenters. The molecule has 0 atom stereocenters. The number of rotatable bonds is 8. The highest BCUT2D eigenvalue weighted by atomic mass is 16.2. The van der Waals surface area contributed by atoms with E-state index in [2.05, 4.69) is 18.2 Å². The van der Waals surface area contributed by atoms with Crippen molar-refractivity contribution in [1.29, 1.82) is 0 Å². The molecule has 3 amide bonds. The van der Waals surface area contributed by atoms with E-state index >= 15 is 0 Å². The summed E-state index contributed by atoms with van der Waals surface area (Å²) in [5.41, 5.74) is 3.92. The molecule has 5 heteroatoms. The standard InChI is InChI=1S/C31H28N2O3/c1-22-15-17-25(18-16-22)32(29(34)21-24-11-8-10-23-9-2-3-12-26(23)24)19-6-7-20-33-30(35)27-13-4-5-14-28(27)31(33)36/h2-5,8-18H,6-7,19-21H2,1H3. The lowest BCUT2D eigenvalue weighted by Gasteiger charge is -2.24. The van der Waals surface area contributed by atoms with Crippen molar-refractivity contribution in [3.63, 3.8) is 0 Å². The fraction of sp³-hybridized carbons (Fsp3) is 0.194. The van der Waals surface area contributed by atoms with E-state index in [-0.39, 0.29) is 17.7 Å². The van der Waals surface area contributed by atoms with Crippen molar-refractivity contribution >= 4 is 34.2 Å². The van der Waals surface area contributed by atoms with E-state index in [1.165, 1.54) is 4.90 Å². The van der Waals surface area contributed by atoms with Crippen LogP contribution in [0.2, 0.25) is 0 Å². The summed E-state index contributed by atoms with van der Waals surface area (Å²) in [4.78, 5) is 42.0. The predicted octanol–water partition coefficient (Wildman–Crippen LogP) is 5.80. The SMILES string of the molecule is Cc1ccc(N(CCCCN2C(=O)c3ccccc3C2=O)C(=O)Cc2cccc3ccccc23)cc1. The van der Waals surface area contributed by atoms with Crippen LogP contribution in [-0.4, -0.2) is 35.7 Å². The molecule has 0 aliphatic carbocycles. The summed E-state index contributed by atoms with van der Waals surface area (Å²) < 4.78 is 0. The number of nitrogens with zero attached hydrogens (tertiary/aromatic N) is 2. The molecule has 1 aliphatic rings. The van der Waals surface area contributed by atoms with Gasteiger partial charge in [-0.3, -0.25) is 19.3 Å². The molecule has 180 valence electrons. The Morgan fingerprint density at radius 3 is 2.11 bits per heavy atom. The molecule has 1 heterocycles. The van der Waals surface area contributed by atoms with Crippen LogP contribution in [0.25, 0.3) is 10.8 Å². The highest BCUT2D eigenvalue weighted by Crippen LogP contribution is 2.24. The Hall–Kier alpha value is -4.25. The summed E-state index contributed by atoms with van der Waals surface area (Å²) in [6.45, 7) is 2.87. The molecule has 1 aliphatic heterocycles. The Kier molecular flexibility index (Phi) is 6.63. The van der Waals surface area contributed by atoms with Crippen LogP contribution in [0.3, 0.4) is 0 Å². The van der Waals surface area contributed by atoms with E-state index in [0.29, 0.717) is 43.5 Å². The van der Waals surface area contributed by atoms with Gasteiger partial charge in [-0.25, -0.2) is 0 Å². The second-order valence-electron chi connectivity index (χ2n) is 9.21. The van der Waals surface area contributed by atoms with Crippen LogP contribution in [0.4, 0.5) is 5.69 Å². The van der Waals surface area contributed by atoms with Crippen LogP contribution in [-0.2, 0) is 11.2 Å². The van der Waals surface area contributed by atoms with Crippen LogP contribution in [0.5, 0.6) is 0 Å². The number of carbonyl (C=O) groups excluding carboxylic acids is 3. The first kappa shape index (κ1) is 23.5. The molecule has 4 aromatic rings. The quantitative estimate of drug-likeness (QED) is 0.239. The highest BCUT2D eigenvalue weighted by Gasteiger charge is 2.34. The topological polar surface area (TPSA) is 57.7 Å². The maximum Gasteiger partial charge on any atom is 0.261 e. The van der Waals surface area contributed by atoms with E-state index in [4.69, 9.17) is 0 Å². The van der Waals surface area contributed by atoms with Gasteiger partial charge >= 0.3 is 0 Å². The second-order valence-corrected chi connectivity index (χ2v) is 9.21.